The summed E-state index contributed by atoms with van der Waals surface area (Å²) in [6, 6.07) is 11.4. The number of benzene rings is 2. The van der Waals surface area contributed by atoms with Gasteiger partial charge < -0.3 is 14.2 Å². The Morgan fingerprint density at radius 1 is 0.921 bits per heavy atom. The minimum absolute atomic E-state index is 0.199. The van der Waals surface area contributed by atoms with Crippen molar-refractivity contribution in [3.05, 3.63) is 81.5 Å². The number of ether oxygens (including phenoxy) is 3. The third-order valence-corrected chi connectivity index (χ3v) is 7.98. The molecule has 1 aromatic heterocycles. The quantitative estimate of drug-likeness (QED) is 0.255. The minimum atomic E-state index is -1.49. The van der Waals surface area contributed by atoms with Crippen molar-refractivity contribution in [1.29, 1.82) is 0 Å². The van der Waals surface area contributed by atoms with Crippen molar-refractivity contribution in [2.24, 2.45) is 5.92 Å². The van der Waals surface area contributed by atoms with E-state index in [-0.39, 0.29) is 17.6 Å². The Labute approximate surface area is 223 Å². The predicted octanol–water partition coefficient (Wildman–Crippen LogP) is 6.69. The van der Waals surface area contributed by atoms with Crippen LogP contribution in [-0.2, 0) is 30.2 Å². The van der Waals surface area contributed by atoms with E-state index < -0.39 is 47.7 Å². The molecule has 0 radical (unpaired) electrons. The maximum atomic E-state index is 13.7. The Morgan fingerprint density at radius 2 is 1.55 bits per heavy atom. The summed E-state index contributed by atoms with van der Waals surface area (Å²) in [5, 5.41) is 0. The van der Waals surface area contributed by atoms with Crippen LogP contribution in [0.2, 0.25) is 0 Å². The van der Waals surface area contributed by atoms with Crippen molar-refractivity contribution >= 4 is 23.3 Å². The summed E-state index contributed by atoms with van der Waals surface area (Å²) < 4.78 is 58.3. The molecule has 1 saturated heterocycles. The van der Waals surface area contributed by atoms with Crippen LogP contribution in [0.4, 0.5) is 13.2 Å². The van der Waals surface area contributed by atoms with Crippen molar-refractivity contribution in [3.63, 3.8) is 0 Å². The standard InChI is InChI=1S/C29H29F3O5S/c1-14-6-7-19(28-29(37-18(5)34)27(36-17(4)33)15(2)16(3)35-28)10-20(14)11-22-8-9-25(38-22)21-12-23(30)26(32)24(31)13-21/h6-10,12-13,15-16,27-29H,11H2,1-5H3/t15-,16-,27+,28?,29-/m1/s1. The Hall–Kier alpha value is -3.17. The summed E-state index contributed by atoms with van der Waals surface area (Å²) in [6.45, 7) is 8.37. The van der Waals surface area contributed by atoms with Crippen molar-refractivity contribution in [2.75, 3.05) is 0 Å². The average molecular weight is 547 g/mol. The number of halogens is 3. The molecule has 5 atom stereocenters. The lowest BCUT2D eigenvalue weighted by Crippen LogP contribution is -2.52. The summed E-state index contributed by atoms with van der Waals surface area (Å²) in [6.07, 6.45) is -1.89. The first kappa shape index (κ1) is 27.9. The minimum Gasteiger partial charge on any atom is -0.458 e. The van der Waals surface area contributed by atoms with Crippen LogP contribution in [0.1, 0.15) is 55.4 Å². The van der Waals surface area contributed by atoms with E-state index in [2.05, 4.69) is 0 Å². The predicted molar refractivity (Wildman–Crippen MR) is 137 cm³/mol. The number of aryl methyl sites for hydroxylation is 1. The molecule has 1 aliphatic heterocycles. The first-order valence-electron chi connectivity index (χ1n) is 12.3. The van der Waals surface area contributed by atoms with Gasteiger partial charge in [0.2, 0.25) is 0 Å². The molecule has 0 aliphatic carbocycles. The molecule has 0 amide bonds. The van der Waals surface area contributed by atoms with Crippen LogP contribution in [-0.4, -0.2) is 30.3 Å². The maximum Gasteiger partial charge on any atom is 0.303 e. The van der Waals surface area contributed by atoms with E-state index in [1.165, 1.54) is 25.2 Å². The Kier molecular flexibility index (Phi) is 8.28. The van der Waals surface area contributed by atoms with Gasteiger partial charge in [0, 0.05) is 35.9 Å². The van der Waals surface area contributed by atoms with Crippen LogP contribution in [0.5, 0.6) is 0 Å². The van der Waals surface area contributed by atoms with Crippen LogP contribution in [0.25, 0.3) is 10.4 Å². The lowest BCUT2D eigenvalue weighted by molar-refractivity contribution is -0.222. The number of hydrogen-bond donors (Lipinski definition) is 0. The van der Waals surface area contributed by atoms with Gasteiger partial charge in [0.25, 0.3) is 0 Å². The van der Waals surface area contributed by atoms with Crippen molar-refractivity contribution in [2.45, 2.75) is 65.5 Å². The van der Waals surface area contributed by atoms with Crippen LogP contribution in [0.15, 0.2) is 42.5 Å². The van der Waals surface area contributed by atoms with E-state index in [0.717, 1.165) is 33.7 Å². The lowest BCUT2D eigenvalue weighted by atomic mass is 9.85. The van der Waals surface area contributed by atoms with Crippen LogP contribution < -0.4 is 0 Å². The van der Waals surface area contributed by atoms with Gasteiger partial charge in [-0.25, -0.2) is 13.2 Å². The molecule has 9 heteroatoms. The van der Waals surface area contributed by atoms with E-state index in [4.69, 9.17) is 14.2 Å². The maximum absolute atomic E-state index is 13.7. The average Bonchev–Trinajstić information content (AvgIpc) is 3.31. The highest BCUT2D eigenvalue weighted by molar-refractivity contribution is 7.15. The molecule has 0 saturated carbocycles. The highest BCUT2D eigenvalue weighted by Gasteiger charge is 2.47. The van der Waals surface area contributed by atoms with Gasteiger partial charge in [-0.2, -0.15) is 0 Å². The second-order valence-electron chi connectivity index (χ2n) is 9.65. The number of carbonyl (C=O) groups excluding carboxylic acids is 2. The highest BCUT2D eigenvalue weighted by Crippen LogP contribution is 2.39. The molecule has 0 spiro atoms. The smallest absolute Gasteiger partial charge is 0.303 e. The molecule has 0 N–H and O–H groups in total. The van der Waals surface area contributed by atoms with Gasteiger partial charge in [0.05, 0.1) is 6.10 Å². The number of rotatable bonds is 6. The fourth-order valence-corrected chi connectivity index (χ4v) is 5.72. The molecule has 1 fully saturated rings. The summed E-state index contributed by atoms with van der Waals surface area (Å²) in [5.74, 6) is -5.13. The van der Waals surface area contributed by atoms with E-state index in [1.54, 1.807) is 6.07 Å². The third kappa shape index (κ3) is 5.94. The Bertz CT molecular complexity index is 1330. The van der Waals surface area contributed by atoms with Gasteiger partial charge in [0.1, 0.15) is 12.2 Å². The summed E-state index contributed by atoms with van der Waals surface area (Å²) >= 11 is 1.36. The molecule has 0 bridgehead atoms. The fraction of sp³-hybridized carbons (Fsp3) is 0.379. The SMILES string of the molecule is CC(=O)O[C@H]1[C@H](C)[C@@H](C)OC(c2ccc(C)c(Cc3ccc(-c4cc(F)c(F)c(F)c4)s3)c2)[C@@H]1OC(C)=O. The van der Waals surface area contributed by atoms with E-state index in [1.807, 2.05) is 45.0 Å². The lowest BCUT2D eigenvalue weighted by Gasteiger charge is -2.43. The highest BCUT2D eigenvalue weighted by atomic mass is 32.1. The van der Waals surface area contributed by atoms with Crippen LogP contribution >= 0.6 is 11.3 Å². The first-order valence-corrected chi connectivity index (χ1v) is 13.1. The third-order valence-electron chi connectivity index (χ3n) is 6.84. The van der Waals surface area contributed by atoms with E-state index in [9.17, 15) is 22.8 Å². The molecule has 1 unspecified atom stereocenters. The summed E-state index contributed by atoms with van der Waals surface area (Å²) in [5.41, 5.74) is 3.03. The van der Waals surface area contributed by atoms with E-state index in [0.29, 0.717) is 11.3 Å². The summed E-state index contributed by atoms with van der Waals surface area (Å²) in [4.78, 5) is 25.4. The van der Waals surface area contributed by atoms with Crippen molar-refractivity contribution in [3.8, 4) is 10.4 Å². The van der Waals surface area contributed by atoms with Gasteiger partial charge in [-0.15, -0.1) is 11.3 Å². The van der Waals surface area contributed by atoms with Gasteiger partial charge in [-0.1, -0.05) is 25.1 Å². The molecule has 2 heterocycles. The van der Waals surface area contributed by atoms with Gasteiger partial charge in [-0.3, -0.25) is 9.59 Å². The number of thiophene rings is 1. The fourth-order valence-electron chi connectivity index (χ4n) is 4.70. The Balaban J connectivity index is 1.64. The van der Waals surface area contributed by atoms with Gasteiger partial charge >= 0.3 is 11.9 Å². The number of hydrogen-bond acceptors (Lipinski definition) is 6. The number of esters is 2. The molecular weight excluding hydrogens is 517 g/mol. The molecule has 202 valence electrons. The van der Waals surface area contributed by atoms with Crippen LogP contribution in [0.3, 0.4) is 0 Å². The Morgan fingerprint density at radius 3 is 2.18 bits per heavy atom. The molecule has 1 aliphatic rings. The van der Waals surface area contributed by atoms with Crippen LogP contribution in [0, 0.1) is 30.3 Å². The molecule has 3 aromatic rings. The van der Waals surface area contributed by atoms with Gasteiger partial charge in [0.15, 0.2) is 23.6 Å². The summed E-state index contributed by atoms with van der Waals surface area (Å²) in [7, 11) is 0. The van der Waals surface area contributed by atoms with Crippen molar-refractivity contribution < 1.29 is 37.0 Å². The molecule has 5 nitrogen and oxygen atoms in total. The molecule has 4 rings (SSSR count). The molecular formula is C29H29F3O5S. The molecule has 2 aromatic carbocycles. The second-order valence-corrected chi connectivity index (χ2v) is 10.8. The normalized spacial score (nSPS) is 23.2. The molecule has 38 heavy (non-hydrogen) atoms. The zero-order valence-electron chi connectivity index (χ0n) is 21.7. The van der Waals surface area contributed by atoms with Gasteiger partial charge in [-0.05, 0) is 60.4 Å². The first-order chi connectivity index (χ1) is 17.9. The zero-order chi connectivity index (χ0) is 27.7. The van der Waals surface area contributed by atoms with Crippen molar-refractivity contribution in [1.82, 2.24) is 0 Å². The second kappa shape index (κ2) is 11.3. The van der Waals surface area contributed by atoms with E-state index >= 15 is 0 Å². The number of carbonyl (C=O) groups is 2. The zero-order valence-corrected chi connectivity index (χ0v) is 22.5. The topological polar surface area (TPSA) is 61.8 Å². The largest absolute Gasteiger partial charge is 0.458 e. The monoisotopic (exact) mass is 546 g/mol.